The molecule has 1 saturated heterocycles. The van der Waals surface area contributed by atoms with Crippen LogP contribution >= 0.6 is 23.5 Å². The van der Waals surface area contributed by atoms with Crippen LogP contribution in [0.3, 0.4) is 0 Å². The Labute approximate surface area is 108 Å². The fourth-order valence-electron chi connectivity index (χ4n) is 1.49. The molecule has 0 spiro atoms. The third-order valence-corrected chi connectivity index (χ3v) is 4.99. The third-order valence-electron chi connectivity index (χ3n) is 2.24. The average Bonchev–Trinajstić information content (AvgIpc) is 2.79. The second-order valence-electron chi connectivity index (χ2n) is 3.63. The number of ketones is 1. The summed E-state index contributed by atoms with van der Waals surface area (Å²) in [6.45, 7) is 0.0890. The Balaban J connectivity index is 1.93. The highest BCUT2D eigenvalue weighted by molar-refractivity contribution is 8.06. The number of carbonyl (C=O) groups is 1. The van der Waals surface area contributed by atoms with Crippen LogP contribution in [0.5, 0.6) is 0 Å². The van der Waals surface area contributed by atoms with Gasteiger partial charge in [-0.3, -0.25) is 4.79 Å². The lowest BCUT2D eigenvalue weighted by Crippen LogP contribution is -2.11. The summed E-state index contributed by atoms with van der Waals surface area (Å²) in [7, 11) is 1.49. The van der Waals surface area contributed by atoms with E-state index in [0.717, 1.165) is 11.5 Å². The van der Waals surface area contributed by atoms with Gasteiger partial charge in [-0.05, 0) is 0 Å². The zero-order valence-electron chi connectivity index (χ0n) is 9.55. The Bertz CT molecular complexity index is 377. The lowest BCUT2D eigenvalue weighted by atomic mass is 10.3. The van der Waals surface area contributed by atoms with Crippen molar-refractivity contribution >= 4 is 29.3 Å². The Hall–Kier alpha value is -0.530. The summed E-state index contributed by atoms with van der Waals surface area (Å²) >= 11 is 3.74. The molecule has 1 aliphatic heterocycles. The van der Waals surface area contributed by atoms with Gasteiger partial charge in [0.2, 0.25) is 5.89 Å². The maximum absolute atomic E-state index is 11.3. The minimum atomic E-state index is -0.0478. The molecule has 94 valence electrons. The van der Waals surface area contributed by atoms with Crippen LogP contribution in [0, 0.1) is 0 Å². The zero-order chi connectivity index (χ0) is 12.1. The van der Waals surface area contributed by atoms with Gasteiger partial charge in [0.1, 0.15) is 6.61 Å². The van der Waals surface area contributed by atoms with E-state index in [1.54, 1.807) is 0 Å². The van der Waals surface area contributed by atoms with E-state index < -0.39 is 0 Å². The van der Waals surface area contributed by atoms with E-state index in [4.69, 9.17) is 9.26 Å². The van der Waals surface area contributed by atoms with Crippen LogP contribution in [-0.4, -0.2) is 46.9 Å². The predicted molar refractivity (Wildman–Crippen MR) is 67.4 cm³/mol. The number of thioether (sulfide) groups is 2. The molecule has 1 aromatic rings. The van der Waals surface area contributed by atoms with E-state index in [-0.39, 0.29) is 18.8 Å². The maximum atomic E-state index is 11.3. The highest BCUT2D eigenvalue weighted by Crippen LogP contribution is 2.35. The Morgan fingerprint density at radius 2 is 2.47 bits per heavy atom. The maximum Gasteiger partial charge on any atom is 0.234 e. The minimum absolute atomic E-state index is 0.0478. The van der Waals surface area contributed by atoms with Gasteiger partial charge in [0.25, 0.3) is 0 Å². The van der Waals surface area contributed by atoms with Gasteiger partial charge in [0.15, 0.2) is 11.6 Å². The van der Waals surface area contributed by atoms with E-state index >= 15 is 0 Å². The molecule has 0 radical (unpaired) electrons. The summed E-state index contributed by atoms with van der Waals surface area (Å²) in [5.74, 6) is 4.35. The topological polar surface area (TPSA) is 65.2 Å². The SMILES string of the molecule is COCC(=O)Cc1nc(C2CSCCS2)no1. The van der Waals surface area contributed by atoms with Crippen LogP contribution in [0.1, 0.15) is 17.0 Å². The fourth-order valence-corrected chi connectivity index (χ4v) is 4.08. The molecule has 1 aliphatic rings. The molecule has 1 fully saturated rings. The van der Waals surface area contributed by atoms with E-state index in [1.807, 2.05) is 23.5 Å². The molecule has 0 bridgehead atoms. The van der Waals surface area contributed by atoms with Crippen molar-refractivity contribution in [1.29, 1.82) is 0 Å². The average molecular weight is 274 g/mol. The van der Waals surface area contributed by atoms with Gasteiger partial charge in [0, 0.05) is 24.4 Å². The molecular formula is C10H14N2O3S2. The molecule has 1 unspecified atom stereocenters. The van der Waals surface area contributed by atoms with E-state index in [2.05, 4.69) is 10.1 Å². The van der Waals surface area contributed by atoms with E-state index in [9.17, 15) is 4.79 Å². The molecule has 17 heavy (non-hydrogen) atoms. The fraction of sp³-hybridized carbons (Fsp3) is 0.700. The Morgan fingerprint density at radius 3 is 3.18 bits per heavy atom. The number of rotatable bonds is 5. The summed E-state index contributed by atoms with van der Waals surface area (Å²) < 4.78 is 9.83. The summed E-state index contributed by atoms with van der Waals surface area (Å²) in [4.78, 5) is 15.6. The van der Waals surface area contributed by atoms with Gasteiger partial charge in [-0.15, -0.1) is 11.8 Å². The Kier molecular flexibility index (Phi) is 4.87. The third kappa shape index (κ3) is 3.72. The van der Waals surface area contributed by atoms with Crippen molar-refractivity contribution in [2.24, 2.45) is 0 Å². The second-order valence-corrected chi connectivity index (χ2v) is 6.09. The van der Waals surface area contributed by atoms with Crippen LogP contribution in [0.4, 0.5) is 0 Å². The van der Waals surface area contributed by atoms with Gasteiger partial charge in [0.05, 0.1) is 11.7 Å². The summed E-state index contributed by atoms with van der Waals surface area (Å²) in [5, 5.41) is 4.23. The molecule has 2 heterocycles. The second kappa shape index (κ2) is 6.42. The number of hydrogen-bond donors (Lipinski definition) is 0. The minimum Gasteiger partial charge on any atom is -0.377 e. The van der Waals surface area contributed by atoms with Crippen molar-refractivity contribution in [3.05, 3.63) is 11.7 Å². The Morgan fingerprint density at radius 1 is 1.59 bits per heavy atom. The largest absolute Gasteiger partial charge is 0.377 e. The number of carbonyl (C=O) groups excluding carboxylic acids is 1. The van der Waals surface area contributed by atoms with E-state index in [1.165, 1.54) is 12.9 Å². The number of hydrogen-bond acceptors (Lipinski definition) is 7. The van der Waals surface area contributed by atoms with Gasteiger partial charge in [-0.2, -0.15) is 16.7 Å². The number of methoxy groups -OCH3 is 1. The first-order valence-electron chi connectivity index (χ1n) is 5.32. The van der Waals surface area contributed by atoms with Crippen LogP contribution in [0.15, 0.2) is 4.52 Å². The smallest absolute Gasteiger partial charge is 0.234 e. The number of aromatic nitrogens is 2. The summed E-state index contributed by atoms with van der Waals surface area (Å²) in [6, 6.07) is 0. The highest BCUT2D eigenvalue weighted by Gasteiger charge is 2.22. The van der Waals surface area contributed by atoms with Gasteiger partial charge < -0.3 is 9.26 Å². The molecule has 5 nitrogen and oxygen atoms in total. The highest BCUT2D eigenvalue weighted by atomic mass is 32.2. The molecule has 0 aliphatic carbocycles. The quantitative estimate of drug-likeness (QED) is 0.803. The molecular weight excluding hydrogens is 260 g/mol. The molecule has 0 aromatic carbocycles. The van der Waals surface area contributed by atoms with Crippen molar-refractivity contribution in [2.75, 3.05) is 31.0 Å². The summed E-state index contributed by atoms with van der Waals surface area (Å²) in [6.07, 6.45) is 0.158. The molecule has 1 atom stereocenters. The molecule has 0 saturated carbocycles. The lowest BCUT2D eigenvalue weighted by molar-refractivity contribution is -0.122. The molecule has 0 amide bonds. The van der Waals surface area contributed by atoms with E-state index in [0.29, 0.717) is 17.0 Å². The van der Waals surface area contributed by atoms with Crippen molar-refractivity contribution in [1.82, 2.24) is 10.1 Å². The number of Topliss-reactive ketones (excluding diaryl/α,β-unsaturated/α-hetero) is 1. The molecule has 1 aromatic heterocycles. The molecule has 7 heteroatoms. The monoisotopic (exact) mass is 274 g/mol. The standard InChI is InChI=1S/C10H14N2O3S2/c1-14-5-7(13)4-9-11-10(12-15-9)8-6-16-2-3-17-8/h8H,2-6H2,1H3. The first-order chi connectivity index (χ1) is 8.29. The van der Waals surface area contributed by atoms with Crippen molar-refractivity contribution in [2.45, 2.75) is 11.7 Å². The van der Waals surface area contributed by atoms with Crippen LogP contribution in [0.2, 0.25) is 0 Å². The van der Waals surface area contributed by atoms with Gasteiger partial charge in [-0.1, -0.05) is 5.16 Å². The lowest BCUT2D eigenvalue weighted by Gasteiger charge is -2.16. The first kappa shape index (κ1) is 12.9. The van der Waals surface area contributed by atoms with Crippen molar-refractivity contribution in [3.63, 3.8) is 0 Å². The molecule has 0 N–H and O–H groups in total. The zero-order valence-corrected chi connectivity index (χ0v) is 11.2. The number of ether oxygens (including phenoxy) is 1. The van der Waals surface area contributed by atoms with Gasteiger partial charge in [-0.25, -0.2) is 0 Å². The molecule has 2 rings (SSSR count). The predicted octanol–water partition coefficient (Wildman–Crippen LogP) is 1.35. The normalized spacial score (nSPS) is 20.4. The first-order valence-corrected chi connectivity index (χ1v) is 7.52. The van der Waals surface area contributed by atoms with Crippen molar-refractivity contribution in [3.8, 4) is 0 Å². The number of nitrogens with zero attached hydrogens (tertiary/aromatic N) is 2. The van der Waals surface area contributed by atoms with Crippen LogP contribution in [0.25, 0.3) is 0 Å². The van der Waals surface area contributed by atoms with Crippen molar-refractivity contribution < 1.29 is 14.1 Å². The van der Waals surface area contributed by atoms with Crippen LogP contribution in [-0.2, 0) is 16.0 Å². The summed E-state index contributed by atoms with van der Waals surface area (Å²) in [5.41, 5.74) is 0. The van der Waals surface area contributed by atoms with Gasteiger partial charge >= 0.3 is 0 Å². The van der Waals surface area contributed by atoms with Crippen LogP contribution < -0.4 is 0 Å².